The highest BCUT2D eigenvalue weighted by Gasteiger charge is 2.38. The first kappa shape index (κ1) is 24.8. The molecular formula is C22H26O10. The van der Waals surface area contributed by atoms with E-state index in [1.807, 2.05) is 0 Å². The monoisotopic (exact) mass is 450 g/mol. The number of hydrogen-bond donors (Lipinski definition) is 2. The van der Waals surface area contributed by atoms with E-state index in [4.69, 9.17) is 28.4 Å². The number of ether oxygens (including phenoxy) is 6. The van der Waals surface area contributed by atoms with Crippen molar-refractivity contribution in [1.82, 2.24) is 0 Å². The fraction of sp³-hybridized carbons (Fsp3) is 0.364. The Kier molecular flexibility index (Phi) is 9.11. The van der Waals surface area contributed by atoms with Gasteiger partial charge in [0.2, 0.25) is 0 Å². The van der Waals surface area contributed by atoms with E-state index in [0.717, 1.165) is 14.2 Å². The van der Waals surface area contributed by atoms with Crippen LogP contribution in [0.4, 0.5) is 0 Å². The molecule has 2 aromatic rings. The third kappa shape index (κ3) is 6.25. The second kappa shape index (κ2) is 11.8. The molecule has 0 amide bonds. The van der Waals surface area contributed by atoms with Gasteiger partial charge in [0.05, 0.1) is 41.7 Å². The summed E-state index contributed by atoms with van der Waals surface area (Å²) in [5.74, 6) is -1.37. The SMILES string of the molecule is COC(=O)[C@@H](OCc1ccc(OC)c(O)c1)[C@H](OCc1ccc(OC)c(O)c1)C(=O)OC. The summed E-state index contributed by atoms with van der Waals surface area (Å²) in [7, 11) is 5.13. The van der Waals surface area contributed by atoms with E-state index < -0.39 is 24.1 Å². The van der Waals surface area contributed by atoms with Crippen molar-refractivity contribution in [3.8, 4) is 23.0 Å². The maximum absolute atomic E-state index is 12.4. The summed E-state index contributed by atoms with van der Waals surface area (Å²) < 4.78 is 30.7. The molecular weight excluding hydrogens is 424 g/mol. The molecule has 2 rings (SSSR count). The van der Waals surface area contributed by atoms with Crippen LogP contribution < -0.4 is 9.47 Å². The molecule has 0 saturated carbocycles. The first-order chi connectivity index (χ1) is 15.3. The van der Waals surface area contributed by atoms with Gasteiger partial charge in [-0.25, -0.2) is 9.59 Å². The lowest BCUT2D eigenvalue weighted by atomic mass is 10.1. The zero-order valence-corrected chi connectivity index (χ0v) is 18.2. The summed E-state index contributed by atoms with van der Waals surface area (Å²) in [5, 5.41) is 19.8. The molecule has 32 heavy (non-hydrogen) atoms. The second-order valence-electron chi connectivity index (χ2n) is 6.52. The summed E-state index contributed by atoms with van der Waals surface area (Å²) in [4.78, 5) is 24.7. The van der Waals surface area contributed by atoms with Crippen LogP contribution >= 0.6 is 0 Å². The molecule has 0 saturated heterocycles. The summed E-state index contributed by atoms with van der Waals surface area (Å²) >= 11 is 0. The molecule has 10 nitrogen and oxygen atoms in total. The number of aromatic hydroxyl groups is 2. The molecule has 0 aliphatic carbocycles. The Morgan fingerprint density at radius 2 is 1.09 bits per heavy atom. The Morgan fingerprint density at radius 3 is 1.38 bits per heavy atom. The summed E-state index contributed by atoms with van der Waals surface area (Å²) in [6.45, 7) is -0.283. The van der Waals surface area contributed by atoms with Crippen LogP contribution in [-0.4, -0.2) is 62.8 Å². The second-order valence-corrected chi connectivity index (χ2v) is 6.52. The van der Waals surface area contributed by atoms with Crippen molar-refractivity contribution >= 4 is 11.9 Å². The molecule has 2 atom stereocenters. The van der Waals surface area contributed by atoms with Gasteiger partial charge in [-0.2, -0.15) is 0 Å². The van der Waals surface area contributed by atoms with E-state index >= 15 is 0 Å². The topological polar surface area (TPSA) is 130 Å². The van der Waals surface area contributed by atoms with E-state index in [2.05, 4.69) is 0 Å². The Morgan fingerprint density at radius 1 is 0.719 bits per heavy atom. The van der Waals surface area contributed by atoms with Crippen LogP contribution in [0.2, 0.25) is 0 Å². The molecule has 0 spiro atoms. The normalized spacial score (nSPS) is 12.5. The highest BCUT2D eigenvalue weighted by atomic mass is 16.6. The molecule has 0 fully saturated rings. The highest BCUT2D eigenvalue weighted by molar-refractivity contribution is 5.85. The standard InChI is InChI=1S/C22H26O10/c1-27-17-7-5-13(9-15(17)23)11-31-19(21(25)29-3)20(22(26)30-4)32-12-14-6-8-18(28-2)16(24)10-14/h5-10,19-20,23-24H,11-12H2,1-4H3/t19-,20-/m0/s1. The van der Waals surface area contributed by atoms with E-state index in [0.29, 0.717) is 11.1 Å². The van der Waals surface area contributed by atoms with Gasteiger partial charge >= 0.3 is 11.9 Å². The predicted octanol–water partition coefficient (Wildman–Crippen LogP) is 1.93. The van der Waals surface area contributed by atoms with Gasteiger partial charge in [-0.1, -0.05) is 12.1 Å². The van der Waals surface area contributed by atoms with Gasteiger partial charge in [-0.05, 0) is 35.4 Å². The highest BCUT2D eigenvalue weighted by Crippen LogP contribution is 2.28. The molecule has 10 heteroatoms. The van der Waals surface area contributed by atoms with Crippen molar-refractivity contribution in [2.24, 2.45) is 0 Å². The van der Waals surface area contributed by atoms with Gasteiger partial charge < -0.3 is 38.6 Å². The lowest BCUT2D eigenvalue weighted by Gasteiger charge is -2.24. The smallest absolute Gasteiger partial charge is 0.338 e. The molecule has 2 aromatic carbocycles. The zero-order chi connectivity index (χ0) is 23.7. The van der Waals surface area contributed by atoms with E-state index in [1.54, 1.807) is 12.1 Å². The van der Waals surface area contributed by atoms with Crippen molar-refractivity contribution < 1.29 is 48.2 Å². The molecule has 0 unspecified atom stereocenters. The van der Waals surface area contributed by atoms with Crippen molar-refractivity contribution in [1.29, 1.82) is 0 Å². The number of methoxy groups -OCH3 is 4. The fourth-order valence-electron chi connectivity index (χ4n) is 2.81. The van der Waals surface area contributed by atoms with Crippen LogP contribution in [0.1, 0.15) is 11.1 Å². The van der Waals surface area contributed by atoms with Crippen LogP contribution in [0.3, 0.4) is 0 Å². The van der Waals surface area contributed by atoms with Crippen LogP contribution in [0.5, 0.6) is 23.0 Å². The van der Waals surface area contributed by atoms with Crippen molar-refractivity contribution in [2.75, 3.05) is 28.4 Å². The van der Waals surface area contributed by atoms with Gasteiger partial charge in [-0.3, -0.25) is 0 Å². The molecule has 0 radical (unpaired) electrons. The molecule has 0 aromatic heterocycles. The van der Waals surface area contributed by atoms with Crippen molar-refractivity contribution in [2.45, 2.75) is 25.4 Å². The first-order valence-electron chi connectivity index (χ1n) is 9.45. The molecule has 0 aliphatic heterocycles. The number of rotatable bonds is 11. The third-order valence-corrected chi connectivity index (χ3v) is 4.49. The van der Waals surface area contributed by atoms with E-state index in [1.165, 1.54) is 38.5 Å². The number of carbonyl (C=O) groups is 2. The Balaban J connectivity index is 2.18. The van der Waals surface area contributed by atoms with Crippen LogP contribution in [0.15, 0.2) is 36.4 Å². The number of hydrogen-bond acceptors (Lipinski definition) is 10. The Hall–Kier alpha value is -3.50. The lowest BCUT2D eigenvalue weighted by Crippen LogP contribution is -2.44. The largest absolute Gasteiger partial charge is 0.504 e. The van der Waals surface area contributed by atoms with Gasteiger partial charge in [0.1, 0.15) is 0 Å². The maximum Gasteiger partial charge on any atom is 0.338 e. The van der Waals surface area contributed by atoms with Gasteiger partial charge in [0.25, 0.3) is 0 Å². The van der Waals surface area contributed by atoms with E-state index in [-0.39, 0.29) is 36.2 Å². The average molecular weight is 450 g/mol. The first-order valence-corrected chi connectivity index (χ1v) is 9.45. The Labute approximate surface area is 185 Å². The molecule has 174 valence electrons. The van der Waals surface area contributed by atoms with Gasteiger partial charge in [-0.15, -0.1) is 0 Å². The number of esters is 2. The van der Waals surface area contributed by atoms with Crippen LogP contribution in [0.25, 0.3) is 0 Å². The van der Waals surface area contributed by atoms with Crippen LogP contribution in [-0.2, 0) is 41.8 Å². The van der Waals surface area contributed by atoms with Crippen LogP contribution in [0, 0.1) is 0 Å². The molecule has 0 bridgehead atoms. The van der Waals surface area contributed by atoms with E-state index in [9.17, 15) is 19.8 Å². The lowest BCUT2D eigenvalue weighted by molar-refractivity contribution is -0.182. The number of phenols is 2. The summed E-state index contributed by atoms with van der Waals surface area (Å²) in [6, 6.07) is 9.13. The van der Waals surface area contributed by atoms with Gasteiger partial charge in [0.15, 0.2) is 35.2 Å². The van der Waals surface area contributed by atoms with Gasteiger partial charge in [0, 0.05) is 0 Å². The minimum absolute atomic E-state index is 0.108. The molecule has 0 heterocycles. The van der Waals surface area contributed by atoms with Crippen molar-refractivity contribution in [3.05, 3.63) is 47.5 Å². The average Bonchev–Trinajstić information content (AvgIpc) is 2.80. The molecule has 0 aliphatic rings. The number of carbonyl (C=O) groups excluding carboxylic acids is 2. The fourth-order valence-corrected chi connectivity index (χ4v) is 2.81. The number of phenolic OH excluding ortho intramolecular Hbond substituents is 2. The predicted molar refractivity (Wildman–Crippen MR) is 111 cm³/mol. The van der Waals surface area contributed by atoms with Crippen molar-refractivity contribution in [3.63, 3.8) is 0 Å². The quantitative estimate of drug-likeness (QED) is 0.490. The minimum atomic E-state index is -1.46. The minimum Gasteiger partial charge on any atom is -0.504 e. The summed E-state index contributed by atoms with van der Waals surface area (Å²) in [5.41, 5.74) is 1.03. The zero-order valence-electron chi connectivity index (χ0n) is 18.2. The third-order valence-electron chi connectivity index (χ3n) is 4.49. The number of benzene rings is 2. The summed E-state index contributed by atoms with van der Waals surface area (Å²) in [6.07, 6.45) is -2.91. The molecule has 2 N–H and O–H groups in total. The maximum atomic E-state index is 12.4. The Bertz CT molecular complexity index is 851.